The molecule has 0 spiro atoms. The van der Waals surface area contributed by atoms with Crippen LogP contribution < -0.4 is 0 Å². The van der Waals surface area contributed by atoms with Crippen molar-refractivity contribution in [2.24, 2.45) is 0 Å². The molecule has 3 rings (SSSR count). The van der Waals surface area contributed by atoms with Gasteiger partial charge in [0.1, 0.15) is 0 Å². The van der Waals surface area contributed by atoms with Crippen molar-refractivity contribution < 1.29 is 23.1 Å². The lowest BCUT2D eigenvalue weighted by Gasteiger charge is -2.10. The fraction of sp³-hybridized carbons (Fsp3) is 0.0625. The van der Waals surface area contributed by atoms with Crippen molar-refractivity contribution in [3.63, 3.8) is 0 Å². The van der Waals surface area contributed by atoms with Crippen molar-refractivity contribution >= 4 is 27.5 Å². The number of carboxylic acid groups (broad SMARTS) is 1. The smallest absolute Gasteiger partial charge is 0.416 e. The molecule has 5 heteroatoms. The SMILES string of the molecule is O=C(O)c1cccc2c1ccc1ccc(C(F)(F)F)cc12. The summed E-state index contributed by atoms with van der Waals surface area (Å²) in [5, 5.41) is 11.1. The van der Waals surface area contributed by atoms with E-state index in [4.69, 9.17) is 5.11 Å². The van der Waals surface area contributed by atoms with Crippen LogP contribution in [0.3, 0.4) is 0 Å². The molecule has 0 amide bonds. The zero-order valence-corrected chi connectivity index (χ0v) is 10.6. The number of carboxylic acids is 1. The van der Waals surface area contributed by atoms with Gasteiger partial charge >= 0.3 is 12.1 Å². The number of fused-ring (bicyclic) bond motifs is 3. The van der Waals surface area contributed by atoms with E-state index in [0.717, 1.165) is 12.1 Å². The molecule has 0 aliphatic heterocycles. The molecule has 0 fully saturated rings. The molecule has 0 bridgehead atoms. The Bertz CT molecular complexity index is 866. The molecular formula is C16H9F3O2. The summed E-state index contributed by atoms with van der Waals surface area (Å²) in [7, 11) is 0. The minimum Gasteiger partial charge on any atom is -0.478 e. The average Bonchev–Trinajstić information content (AvgIpc) is 2.44. The summed E-state index contributed by atoms with van der Waals surface area (Å²) in [5.41, 5.74) is -0.671. The summed E-state index contributed by atoms with van der Waals surface area (Å²) >= 11 is 0. The predicted octanol–water partition coefficient (Wildman–Crippen LogP) is 4.71. The van der Waals surface area contributed by atoms with E-state index in [1.807, 2.05) is 0 Å². The summed E-state index contributed by atoms with van der Waals surface area (Å²) in [6, 6.07) is 11.3. The zero-order valence-electron chi connectivity index (χ0n) is 10.6. The van der Waals surface area contributed by atoms with E-state index in [1.54, 1.807) is 18.2 Å². The van der Waals surface area contributed by atoms with Crippen molar-refractivity contribution in [1.82, 2.24) is 0 Å². The Morgan fingerprint density at radius 3 is 2.29 bits per heavy atom. The van der Waals surface area contributed by atoms with Gasteiger partial charge in [-0.05, 0) is 39.7 Å². The quantitative estimate of drug-likeness (QED) is 0.659. The monoisotopic (exact) mass is 290 g/mol. The van der Waals surface area contributed by atoms with Gasteiger partial charge in [-0.15, -0.1) is 0 Å². The second-order valence-electron chi connectivity index (χ2n) is 4.71. The first-order chi connectivity index (χ1) is 9.88. The first-order valence-corrected chi connectivity index (χ1v) is 6.14. The van der Waals surface area contributed by atoms with E-state index in [9.17, 15) is 18.0 Å². The van der Waals surface area contributed by atoms with Crippen LogP contribution in [0.2, 0.25) is 0 Å². The van der Waals surface area contributed by atoms with E-state index in [-0.39, 0.29) is 5.56 Å². The molecule has 0 saturated heterocycles. The minimum atomic E-state index is -4.43. The van der Waals surface area contributed by atoms with Gasteiger partial charge in [-0.3, -0.25) is 0 Å². The standard InChI is InChI=1S/C16H9F3O2/c17-16(18,19)10-6-4-9-5-7-12-11(14(9)8-10)2-1-3-13(12)15(20)21/h1-8H,(H,20,21). The van der Waals surface area contributed by atoms with Crippen LogP contribution in [-0.4, -0.2) is 11.1 Å². The lowest BCUT2D eigenvalue weighted by molar-refractivity contribution is -0.137. The Morgan fingerprint density at radius 1 is 0.905 bits per heavy atom. The third-order valence-corrected chi connectivity index (χ3v) is 3.44. The Morgan fingerprint density at radius 2 is 1.62 bits per heavy atom. The summed E-state index contributed by atoms with van der Waals surface area (Å²) in [6.45, 7) is 0. The van der Waals surface area contributed by atoms with Gasteiger partial charge in [0.2, 0.25) is 0 Å². The van der Waals surface area contributed by atoms with Crippen LogP contribution in [-0.2, 0) is 6.18 Å². The van der Waals surface area contributed by atoms with Gasteiger partial charge in [0.05, 0.1) is 11.1 Å². The maximum atomic E-state index is 12.8. The Labute approximate surface area is 117 Å². The largest absolute Gasteiger partial charge is 0.478 e. The summed E-state index contributed by atoms with van der Waals surface area (Å²) < 4.78 is 38.5. The lowest BCUT2D eigenvalue weighted by atomic mass is 9.97. The number of aromatic carboxylic acids is 1. The van der Waals surface area contributed by atoms with E-state index >= 15 is 0 Å². The summed E-state index contributed by atoms with van der Waals surface area (Å²) in [6.07, 6.45) is -4.43. The van der Waals surface area contributed by atoms with Crippen LogP contribution >= 0.6 is 0 Å². The Kier molecular flexibility index (Phi) is 2.86. The van der Waals surface area contributed by atoms with Gasteiger partial charge in [-0.1, -0.05) is 30.3 Å². The molecule has 0 aliphatic carbocycles. The Balaban J connectivity index is 2.42. The van der Waals surface area contributed by atoms with Crippen molar-refractivity contribution in [3.8, 4) is 0 Å². The van der Waals surface area contributed by atoms with Crippen LogP contribution in [0, 0.1) is 0 Å². The van der Waals surface area contributed by atoms with Crippen LogP contribution in [0.15, 0.2) is 48.5 Å². The molecule has 21 heavy (non-hydrogen) atoms. The minimum absolute atomic E-state index is 0.0758. The van der Waals surface area contributed by atoms with Crippen LogP contribution in [0.25, 0.3) is 21.5 Å². The number of alkyl halides is 3. The molecule has 0 heterocycles. The molecule has 0 radical (unpaired) electrons. The summed E-state index contributed by atoms with van der Waals surface area (Å²) in [5.74, 6) is -1.10. The number of rotatable bonds is 1. The van der Waals surface area contributed by atoms with Gasteiger partial charge in [-0.2, -0.15) is 13.2 Å². The number of hydrogen-bond donors (Lipinski definition) is 1. The molecule has 2 nitrogen and oxygen atoms in total. The highest BCUT2D eigenvalue weighted by Crippen LogP contribution is 2.34. The maximum Gasteiger partial charge on any atom is 0.416 e. The first-order valence-electron chi connectivity index (χ1n) is 6.14. The maximum absolute atomic E-state index is 12.8. The molecule has 3 aromatic rings. The normalized spacial score (nSPS) is 12.0. The predicted molar refractivity (Wildman–Crippen MR) is 73.4 cm³/mol. The van der Waals surface area contributed by atoms with Crippen molar-refractivity contribution in [1.29, 1.82) is 0 Å². The fourth-order valence-electron chi connectivity index (χ4n) is 2.45. The van der Waals surface area contributed by atoms with Crippen LogP contribution in [0.4, 0.5) is 13.2 Å². The molecule has 0 aromatic heterocycles. The van der Waals surface area contributed by atoms with Gasteiger partial charge in [0.25, 0.3) is 0 Å². The van der Waals surface area contributed by atoms with Crippen LogP contribution in [0.1, 0.15) is 15.9 Å². The van der Waals surface area contributed by atoms with Crippen LogP contribution in [0.5, 0.6) is 0 Å². The third-order valence-electron chi connectivity index (χ3n) is 3.44. The van der Waals surface area contributed by atoms with Crippen molar-refractivity contribution in [2.75, 3.05) is 0 Å². The molecule has 0 atom stereocenters. The highest BCUT2D eigenvalue weighted by atomic mass is 19.4. The van der Waals surface area contributed by atoms with Gasteiger partial charge in [0, 0.05) is 0 Å². The van der Waals surface area contributed by atoms with Gasteiger partial charge < -0.3 is 5.11 Å². The van der Waals surface area contributed by atoms with E-state index in [0.29, 0.717) is 21.5 Å². The van der Waals surface area contributed by atoms with E-state index in [1.165, 1.54) is 18.2 Å². The molecule has 0 saturated carbocycles. The molecule has 3 aromatic carbocycles. The number of halogens is 3. The number of carbonyl (C=O) groups is 1. The first kappa shape index (κ1) is 13.4. The average molecular weight is 290 g/mol. The third kappa shape index (κ3) is 2.20. The van der Waals surface area contributed by atoms with Gasteiger partial charge in [-0.25, -0.2) is 4.79 Å². The Hall–Kier alpha value is -2.56. The second kappa shape index (κ2) is 4.48. The zero-order chi connectivity index (χ0) is 15.2. The second-order valence-corrected chi connectivity index (χ2v) is 4.71. The van der Waals surface area contributed by atoms with Gasteiger partial charge in [0.15, 0.2) is 0 Å². The summed E-state index contributed by atoms with van der Waals surface area (Å²) in [4.78, 5) is 11.2. The highest BCUT2D eigenvalue weighted by molar-refractivity contribution is 6.13. The molecule has 1 N–H and O–H groups in total. The number of hydrogen-bond acceptors (Lipinski definition) is 1. The highest BCUT2D eigenvalue weighted by Gasteiger charge is 2.30. The molecule has 0 unspecified atom stereocenters. The fourth-order valence-corrected chi connectivity index (χ4v) is 2.45. The van der Waals surface area contributed by atoms with E-state index < -0.39 is 17.7 Å². The van der Waals surface area contributed by atoms with E-state index in [2.05, 4.69) is 0 Å². The number of benzene rings is 3. The van der Waals surface area contributed by atoms with Crippen molar-refractivity contribution in [2.45, 2.75) is 6.18 Å². The molecule has 0 aliphatic rings. The topological polar surface area (TPSA) is 37.3 Å². The molecular weight excluding hydrogens is 281 g/mol. The lowest BCUT2D eigenvalue weighted by Crippen LogP contribution is -2.04. The van der Waals surface area contributed by atoms with Crippen molar-refractivity contribution in [3.05, 3.63) is 59.7 Å². The molecule has 106 valence electrons.